The van der Waals surface area contributed by atoms with Gasteiger partial charge in [0.05, 0.1) is 11.3 Å². The maximum atomic E-state index is 6.10. The van der Waals surface area contributed by atoms with E-state index in [-0.39, 0.29) is 0 Å². The van der Waals surface area contributed by atoms with Gasteiger partial charge in [0.15, 0.2) is 0 Å². The highest BCUT2D eigenvalue weighted by molar-refractivity contribution is 6.32. The average Bonchev–Trinajstić information content (AvgIpc) is 3.09. The molecule has 0 bridgehead atoms. The van der Waals surface area contributed by atoms with Gasteiger partial charge in [0, 0.05) is 18.9 Å². The van der Waals surface area contributed by atoms with E-state index in [1.165, 1.54) is 5.57 Å². The van der Waals surface area contributed by atoms with Crippen LogP contribution in [0.3, 0.4) is 0 Å². The van der Waals surface area contributed by atoms with Crippen LogP contribution in [0.15, 0.2) is 73.3 Å². The number of benzene rings is 2. The molecule has 3 rings (SSSR count). The summed E-state index contributed by atoms with van der Waals surface area (Å²) < 4.78 is 7.83. The molecule has 0 fully saturated rings. The summed E-state index contributed by atoms with van der Waals surface area (Å²) in [6.45, 7) is 2.91. The van der Waals surface area contributed by atoms with Crippen molar-refractivity contribution in [2.45, 2.75) is 13.5 Å². The lowest BCUT2D eigenvalue weighted by Gasteiger charge is -2.08. The zero-order valence-corrected chi connectivity index (χ0v) is 13.6. The number of nitrogens with zero attached hydrogens (tertiary/aromatic N) is 2. The van der Waals surface area contributed by atoms with Crippen LogP contribution < -0.4 is 4.74 Å². The second kappa shape index (κ2) is 7.16. The molecule has 0 amide bonds. The van der Waals surface area contributed by atoms with E-state index >= 15 is 0 Å². The zero-order chi connectivity index (χ0) is 16.1. The number of hydrogen-bond donors (Lipinski definition) is 0. The van der Waals surface area contributed by atoms with Crippen LogP contribution in [0.4, 0.5) is 0 Å². The molecule has 0 aliphatic heterocycles. The molecule has 1 aromatic heterocycles. The van der Waals surface area contributed by atoms with Crippen molar-refractivity contribution in [3.63, 3.8) is 0 Å². The maximum absolute atomic E-state index is 6.10. The second-order valence-corrected chi connectivity index (χ2v) is 5.61. The van der Waals surface area contributed by atoms with Crippen molar-refractivity contribution in [2.24, 2.45) is 0 Å². The fraction of sp³-hybridized carbons (Fsp3) is 0.105. The van der Waals surface area contributed by atoms with Crippen molar-refractivity contribution in [3.8, 4) is 11.5 Å². The molecule has 23 heavy (non-hydrogen) atoms. The Morgan fingerprint density at radius 2 is 1.96 bits per heavy atom. The molecule has 0 N–H and O–H groups in total. The Kier molecular flexibility index (Phi) is 4.79. The Bertz CT molecular complexity index is 793. The Labute approximate surface area is 140 Å². The van der Waals surface area contributed by atoms with Crippen LogP contribution in [0.25, 0.3) is 5.57 Å². The summed E-state index contributed by atoms with van der Waals surface area (Å²) in [6.07, 6.45) is 7.71. The van der Waals surface area contributed by atoms with Gasteiger partial charge in [-0.25, -0.2) is 4.98 Å². The number of hydrogen-bond acceptors (Lipinski definition) is 2. The molecule has 0 spiro atoms. The first kappa shape index (κ1) is 15.4. The van der Waals surface area contributed by atoms with E-state index in [0.29, 0.717) is 10.8 Å². The molecule has 0 aliphatic carbocycles. The number of para-hydroxylation sites is 1. The van der Waals surface area contributed by atoms with E-state index in [2.05, 4.69) is 18.0 Å². The molecule has 0 unspecified atom stereocenters. The molecular formula is C19H17ClN2O. The van der Waals surface area contributed by atoms with Crippen LogP contribution in [0.5, 0.6) is 11.5 Å². The highest BCUT2D eigenvalue weighted by Crippen LogP contribution is 2.29. The Morgan fingerprint density at radius 1 is 1.17 bits per heavy atom. The van der Waals surface area contributed by atoms with Gasteiger partial charge in [0.1, 0.15) is 11.5 Å². The molecule has 2 aromatic carbocycles. The Hall–Kier alpha value is -2.52. The number of allylic oxidation sites excluding steroid dienone is 2. The first-order valence-electron chi connectivity index (χ1n) is 7.38. The number of rotatable bonds is 5. The quantitative estimate of drug-likeness (QED) is 0.625. The van der Waals surface area contributed by atoms with Gasteiger partial charge in [-0.3, -0.25) is 0 Å². The molecule has 0 atom stereocenters. The van der Waals surface area contributed by atoms with Crippen molar-refractivity contribution in [2.75, 3.05) is 0 Å². The minimum absolute atomic E-state index is 0.605. The molecule has 0 saturated heterocycles. The zero-order valence-electron chi connectivity index (χ0n) is 12.8. The van der Waals surface area contributed by atoms with Gasteiger partial charge in [0.25, 0.3) is 0 Å². The number of aromatic nitrogens is 2. The molecule has 4 heteroatoms. The lowest BCUT2D eigenvalue weighted by atomic mass is 10.1. The molecular weight excluding hydrogens is 308 g/mol. The van der Waals surface area contributed by atoms with Crippen LogP contribution >= 0.6 is 11.6 Å². The molecule has 3 aromatic rings. The van der Waals surface area contributed by atoms with E-state index in [1.54, 1.807) is 6.20 Å². The lowest BCUT2D eigenvalue weighted by molar-refractivity contribution is 0.483. The van der Waals surface area contributed by atoms with Gasteiger partial charge in [-0.2, -0.15) is 0 Å². The van der Waals surface area contributed by atoms with Gasteiger partial charge >= 0.3 is 0 Å². The molecule has 0 saturated carbocycles. The largest absolute Gasteiger partial charge is 0.456 e. The van der Waals surface area contributed by atoms with Crippen molar-refractivity contribution >= 4 is 17.2 Å². The summed E-state index contributed by atoms with van der Waals surface area (Å²) in [4.78, 5) is 4.04. The summed E-state index contributed by atoms with van der Waals surface area (Å²) in [5, 5.41) is 0.605. The second-order valence-electron chi connectivity index (χ2n) is 5.20. The van der Waals surface area contributed by atoms with Gasteiger partial charge in [-0.05, 0) is 42.3 Å². The first-order chi connectivity index (χ1) is 11.2. The smallest absolute Gasteiger partial charge is 0.146 e. The molecule has 116 valence electrons. The highest BCUT2D eigenvalue weighted by atomic mass is 35.5. The topological polar surface area (TPSA) is 27.1 Å². The van der Waals surface area contributed by atoms with Crippen LogP contribution in [0.2, 0.25) is 5.02 Å². The van der Waals surface area contributed by atoms with Gasteiger partial charge in [-0.1, -0.05) is 41.9 Å². The Morgan fingerprint density at radius 3 is 2.65 bits per heavy atom. The molecule has 0 radical (unpaired) electrons. The van der Waals surface area contributed by atoms with Crippen LogP contribution in [0, 0.1) is 0 Å². The summed E-state index contributed by atoms with van der Waals surface area (Å²) >= 11 is 6.10. The standard InChI is InChI=1S/C19H17ClN2O/c1-15(10-12-22-13-11-21-14-22)16-6-8-17(9-7-16)23-19-5-3-2-4-18(19)20/h2-11,13-14H,12H2,1H3. The minimum atomic E-state index is 0.605. The third kappa shape index (κ3) is 4.02. The summed E-state index contributed by atoms with van der Waals surface area (Å²) in [5.41, 5.74) is 2.37. The van der Waals surface area contributed by atoms with Crippen molar-refractivity contribution in [1.82, 2.24) is 9.55 Å². The fourth-order valence-electron chi connectivity index (χ4n) is 2.20. The van der Waals surface area contributed by atoms with Crippen LogP contribution in [0.1, 0.15) is 12.5 Å². The number of imidazole rings is 1. The summed E-state index contributed by atoms with van der Waals surface area (Å²) in [7, 11) is 0. The van der Waals surface area contributed by atoms with E-state index in [0.717, 1.165) is 17.9 Å². The monoisotopic (exact) mass is 324 g/mol. The van der Waals surface area contributed by atoms with Crippen LogP contribution in [-0.2, 0) is 6.54 Å². The number of ether oxygens (including phenoxy) is 1. The minimum Gasteiger partial charge on any atom is -0.456 e. The van der Waals surface area contributed by atoms with Gasteiger partial charge in [0.2, 0.25) is 0 Å². The van der Waals surface area contributed by atoms with E-state index in [4.69, 9.17) is 16.3 Å². The van der Waals surface area contributed by atoms with E-state index in [9.17, 15) is 0 Å². The maximum Gasteiger partial charge on any atom is 0.146 e. The van der Waals surface area contributed by atoms with Crippen molar-refractivity contribution in [3.05, 3.63) is 83.9 Å². The average molecular weight is 325 g/mol. The van der Waals surface area contributed by atoms with Crippen molar-refractivity contribution in [1.29, 1.82) is 0 Å². The predicted octanol–water partition coefficient (Wildman–Crippen LogP) is 5.43. The van der Waals surface area contributed by atoms with Gasteiger partial charge < -0.3 is 9.30 Å². The van der Waals surface area contributed by atoms with Crippen LogP contribution in [-0.4, -0.2) is 9.55 Å². The number of halogens is 1. The summed E-state index contributed by atoms with van der Waals surface area (Å²) in [6, 6.07) is 15.4. The third-order valence-corrected chi connectivity index (χ3v) is 3.85. The van der Waals surface area contributed by atoms with Gasteiger partial charge in [-0.15, -0.1) is 0 Å². The molecule has 3 nitrogen and oxygen atoms in total. The third-order valence-electron chi connectivity index (χ3n) is 3.54. The normalized spacial score (nSPS) is 11.5. The first-order valence-corrected chi connectivity index (χ1v) is 7.75. The molecule has 0 aliphatic rings. The Balaban J connectivity index is 1.69. The van der Waals surface area contributed by atoms with E-state index < -0.39 is 0 Å². The summed E-state index contributed by atoms with van der Waals surface area (Å²) in [5.74, 6) is 1.43. The van der Waals surface area contributed by atoms with E-state index in [1.807, 2.05) is 65.6 Å². The molecule has 1 heterocycles. The lowest BCUT2D eigenvalue weighted by Crippen LogP contribution is -1.91. The fourth-order valence-corrected chi connectivity index (χ4v) is 2.37. The SMILES string of the molecule is CC(=CCn1ccnc1)c1ccc(Oc2ccccc2Cl)cc1. The predicted molar refractivity (Wildman–Crippen MR) is 93.8 cm³/mol. The van der Waals surface area contributed by atoms with Crippen molar-refractivity contribution < 1.29 is 4.74 Å². The highest BCUT2D eigenvalue weighted by Gasteiger charge is 2.02.